The minimum atomic E-state index is 0.715. The third-order valence-electron chi connectivity index (χ3n) is 2.55. The van der Waals surface area contributed by atoms with Crippen molar-refractivity contribution < 1.29 is 0 Å². The van der Waals surface area contributed by atoms with E-state index in [2.05, 4.69) is 42.2 Å². The van der Waals surface area contributed by atoms with Crippen molar-refractivity contribution in [3.8, 4) is 0 Å². The van der Waals surface area contributed by atoms with E-state index in [1.54, 1.807) is 0 Å². The quantitative estimate of drug-likeness (QED) is 0.925. The van der Waals surface area contributed by atoms with E-state index in [0.717, 1.165) is 21.2 Å². The summed E-state index contributed by atoms with van der Waals surface area (Å²) in [4.78, 5) is 4.35. The number of hydrogen-bond acceptors (Lipinski definition) is 2. The molecule has 1 aliphatic rings. The van der Waals surface area contributed by atoms with Crippen molar-refractivity contribution in [1.82, 2.24) is 10.3 Å². The smallest absolute Gasteiger partial charge is 0.0684 e. The lowest BCUT2D eigenvalue weighted by Gasteiger charge is -2.26. The van der Waals surface area contributed by atoms with Crippen molar-refractivity contribution in [2.45, 2.75) is 31.8 Å². The van der Waals surface area contributed by atoms with Crippen LogP contribution in [-0.2, 0) is 6.54 Å². The summed E-state index contributed by atoms with van der Waals surface area (Å²) in [7, 11) is 0. The second-order valence-corrected chi connectivity index (χ2v) is 5.36. The molecule has 4 heteroatoms. The first-order valence-corrected chi connectivity index (χ1v) is 6.37. The van der Waals surface area contributed by atoms with Crippen LogP contribution in [0.3, 0.4) is 0 Å². The van der Waals surface area contributed by atoms with Crippen LogP contribution in [0, 0.1) is 0 Å². The van der Waals surface area contributed by atoms with E-state index in [1.807, 2.05) is 12.3 Å². The Morgan fingerprint density at radius 3 is 2.79 bits per heavy atom. The number of nitrogens with one attached hydrogen (secondary N) is 1. The van der Waals surface area contributed by atoms with Crippen LogP contribution in [0.25, 0.3) is 0 Å². The molecule has 1 aromatic heterocycles. The van der Waals surface area contributed by atoms with E-state index in [4.69, 9.17) is 0 Å². The number of hydrogen-bond donors (Lipinski definition) is 1. The monoisotopic (exact) mass is 318 g/mol. The molecule has 0 aromatic carbocycles. The van der Waals surface area contributed by atoms with Gasteiger partial charge in [-0.15, -0.1) is 0 Å². The highest BCUT2D eigenvalue weighted by Crippen LogP contribution is 2.22. The summed E-state index contributed by atoms with van der Waals surface area (Å²) in [5.41, 5.74) is 1.08. The summed E-state index contributed by atoms with van der Waals surface area (Å²) < 4.78 is 2.08. The van der Waals surface area contributed by atoms with Crippen LogP contribution in [0.5, 0.6) is 0 Å². The van der Waals surface area contributed by atoms with Gasteiger partial charge >= 0.3 is 0 Å². The van der Waals surface area contributed by atoms with Gasteiger partial charge in [-0.1, -0.05) is 6.42 Å². The molecule has 1 aromatic rings. The molecule has 0 unspecified atom stereocenters. The maximum atomic E-state index is 4.35. The van der Waals surface area contributed by atoms with E-state index in [9.17, 15) is 0 Å². The van der Waals surface area contributed by atoms with Crippen molar-refractivity contribution in [2.75, 3.05) is 0 Å². The molecule has 0 radical (unpaired) electrons. The molecule has 1 fully saturated rings. The Bertz CT molecular complexity index is 324. The predicted octanol–water partition coefficient (Wildman–Crippen LogP) is 3.25. The van der Waals surface area contributed by atoms with Gasteiger partial charge in [0.2, 0.25) is 0 Å². The summed E-state index contributed by atoms with van der Waals surface area (Å²) in [5.74, 6) is 0. The van der Waals surface area contributed by atoms with E-state index in [1.165, 1.54) is 19.3 Å². The van der Waals surface area contributed by atoms with Crippen LogP contribution in [0.2, 0.25) is 0 Å². The molecule has 1 heterocycles. The molecule has 14 heavy (non-hydrogen) atoms. The van der Waals surface area contributed by atoms with Gasteiger partial charge in [0.05, 0.1) is 5.69 Å². The number of aromatic nitrogens is 1. The standard InChI is InChI=1S/C10H12Br2N2/c11-7-4-9(12)10(14-5-7)6-13-8-2-1-3-8/h4-5,8,13H,1-3,6H2. The Labute approximate surface area is 101 Å². The number of pyridine rings is 1. The SMILES string of the molecule is Brc1cnc(CNC2CCC2)c(Br)c1. The number of rotatable bonds is 3. The van der Waals surface area contributed by atoms with Crippen molar-refractivity contribution in [3.63, 3.8) is 0 Å². The van der Waals surface area contributed by atoms with E-state index >= 15 is 0 Å². The minimum absolute atomic E-state index is 0.715. The first-order chi connectivity index (χ1) is 6.75. The molecule has 0 atom stereocenters. The summed E-state index contributed by atoms with van der Waals surface area (Å²) >= 11 is 6.89. The van der Waals surface area contributed by atoms with Crippen LogP contribution < -0.4 is 5.32 Å². The average molecular weight is 320 g/mol. The van der Waals surface area contributed by atoms with Crippen molar-refractivity contribution >= 4 is 31.9 Å². The molecule has 0 saturated heterocycles. The molecule has 0 aliphatic heterocycles. The normalized spacial score (nSPS) is 16.7. The number of halogens is 2. The topological polar surface area (TPSA) is 24.9 Å². The zero-order chi connectivity index (χ0) is 9.97. The molecule has 0 spiro atoms. The van der Waals surface area contributed by atoms with Crippen molar-refractivity contribution in [2.24, 2.45) is 0 Å². The second-order valence-electron chi connectivity index (χ2n) is 3.59. The molecular weight excluding hydrogens is 308 g/mol. The maximum Gasteiger partial charge on any atom is 0.0684 e. The predicted molar refractivity (Wildman–Crippen MR) is 64.1 cm³/mol. The summed E-state index contributed by atoms with van der Waals surface area (Å²) in [6.07, 6.45) is 5.83. The Morgan fingerprint density at radius 1 is 1.43 bits per heavy atom. The molecule has 0 bridgehead atoms. The van der Waals surface area contributed by atoms with Crippen LogP contribution in [0.1, 0.15) is 25.0 Å². The van der Waals surface area contributed by atoms with Gasteiger partial charge in [0.1, 0.15) is 0 Å². The Kier molecular flexibility index (Phi) is 3.57. The molecule has 1 N–H and O–H groups in total. The minimum Gasteiger partial charge on any atom is -0.308 e. The van der Waals surface area contributed by atoms with Gasteiger partial charge in [-0.3, -0.25) is 4.98 Å². The zero-order valence-corrected chi connectivity index (χ0v) is 10.9. The summed E-state index contributed by atoms with van der Waals surface area (Å²) in [5, 5.41) is 3.49. The van der Waals surface area contributed by atoms with Gasteiger partial charge in [-0.05, 0) is 50.8 Å². The Balaban J connectivity index is 1.94. The zero-order valence-electron chi connectivity index (χ0n) is 7.76. The van der Waals surface area contributed by atoms with Gasteiger partial charge in [0, 0.05) is 27.7 Å². The summed E-state index contributed by atoms with van der Waals surface area (Å²) in [6, 6.07) is 2.75. The van der Waals surface area contributed by atoms with Crippen LogP contribution in [0.15, 0.2) is 21.2 Å². The first-order valence-electron chi connectivity index (χ1n) is 4.79. The van der Waals surface area contributed by atoms with Crippen LogP contribution in [0.4, 0.5) is 0 Å². The second kappa shape index (κ2) is 4.73. The highest BCUT2D eigenvalue weighted by molar-refractivity contribution is 9.11. The van der Waals surface area contributed by atoms with Gasteiger partial charge in [0.25, 0.3) is 0 Å². The first kappa shape index (κ1) is 10.6. The van der Waals surface area contributed by atoms with Crippen molar-refractivity contribution in [1.29, 1.82) is 0 Å². The Morgan fingerprint density at radius 2 is 2.21 bits per heavy atom. The van der Waals surface area contributed by atoms with Gasteiger partial charge in [-0.25, -0.2) is 0 Å². The molecule has 76 valence electrons. The lowest BCUT2D eigenvalue weighted by atomic mass is 9.93. The fourth-order valence-electron chi connectivity index (χ4n) is 1.43. The lowest BCUT2D eigenvalue weighted by Crippen LogP contribution is -2.34. The highest BCUT2D eigenvalue weighted by Gasteiger charge is 2.16. The molecule has 0 amide bonds. The maximum absolute atomic E-state index is 4.35. The largest absolute Gasteiger partial charge is 0.308 e. The molecule has 1 aliphatic carbocycles. The average Bonchev–Trinajstić information content (AvgIpc) is 2.05. The highest BCUT2D eigenvalue weighted by atomic mass is 79.9. The molecule has 2 nitrogen and oxygen atoms in total. The Hall–Kier alpha value is 0.0700. The van der Waals surface area contributed by atoms with Crippen LogP contribution in [-0.4, -0.2) is 11.0 Å². The van der Waals surface area contributed by atoms with E-state index < -0.39 is 0 Å². The van der Waals surface area contributed by atoms with Gasteiger partial charge < -0.3 is 5.32 Å². The molecular formula is C10H12Br2N2. The third-order valence-corrected chi connectivity index (χ3v) is 3.67. The fraction of sp³-hybridized carbons (Fsp3) is 0.500. The molecule has 2 rings (SSSR count). The van der Waals surface area contributed by atoms with E-state index in [0.29, 0.717) is 6.04 Å². The third kappa shape index (κ3) is 2.55. The number of nitrogens with zero attached hydrogens (tertiary/aromatic N) is 1. The lowest BCUT2D eigenvalue weighted by molar-refractivity contribution is 0.336. The van der Waals surface area contributed by atoms with E-state index in [-0.39, 0.29) is 0 Å². The van der Waals surface area contributed by atoms with Gasteiger partial charge in [0.15, 0.2) is 0 Å². The van der Waals surface area contributed by atoms with Gasteiger partial charge in [-0.2, -0.15) is 0 Å². The fourth-order valence-corrected chi connectivity index (χ4v) is 2.55. The molecule has 1 saturated carbocycles. The van der Waals surface area contributed by atoms with Crippen molar-refractivity contribution in [3.05, 3.63) is 26.9 Å². The summed E-state index contributed by atoms with van der Waals surface area (Å²) in [6.45, 7) is 0.860. The van der Waals surface area contributed by atoms with Crippen LogP contribution >= 0.6 is 31.9 Å².